The van der Waals surface area contributed by atoms with Crippen LogP contribution in [-0.2, 0) is 16.0 Å². The predicted octanol–water partition coefficient (Wildman–Crippen LogP) is 2.88. The summed E-state index contributed by atoms with van der Waals surface area (Å²) in [7, 11) is 0. The minimum Gasteiger partial charge on any atom is -0.425 e. The standard InChI is InChI=1S/C19H21NO3/c1-13-9-14(2)15(3)17(10-13)23-19(22)12-20-18(21)11-16-7-5-4-6-8-16/h4-10H,11-12H2,1-3H3,(H,20,21). The van der Waals surface area contributed by atoms with Gasteiger partial charge in [-0.3, -0.25) is 4.79 Å². The first-order chi connectivity index (χ1) is 11.0. The van der Waals surface area contributed by atoms with Gasteiger partial charge in [0.15, 0.2) is 0 Å². The highest BCUT2D eigenvalue weighted by Crippen LogP contribution is 2.23. The Bertz CT molecular complexity index is 708. The van der Waals surface area contributed by atoms with E-state index in [1.54, 1.807) is 0 Å². The third-order valence-corrected chi connectivity index (χ3v) is 3.63. The molecule has 2 aromatic rings. The highest BCUT2D eigenvalue weighted by Gasteiger charge is 2.11. The van der Waals surface area contributed by atoms with E-state index < -0.39 is 5.97 Å². The van der Waals surface area contributed by atoms with Crippen molar-refractivity contribution in [3.05, 3.63) is 64.7 Å². The molecule has 2 rings (SSSR count). The molecule has 2 aromatic carbocycles. The Morgan fingerprint density at radius 3 is 2.43 bits per heavy atom. The van der Waals surface area contributed by atoms with E-state index in [1.165, 1.54) is 0 Å². The Morgan fingerprint density at radius 2 is 1.74 bits per heavy atom. The smallest absolute Gasteiger partial charge is 0.330 e. The summed E-state index contributed by atoms with van der Waals surface area (Å²) in [5.74, 6) is -0.130. The summed E-state index contributed by atoms with van der Waals surface area (Å²) in [6.45, 7) is 5.69. The van der Waals surface area contributed by atoms with E-state index in [-0.39, 0.29) is 18.9 Å². The zero-order valence-corrected chi connectivity index (χ0v) is 13.7. The topological polar surface area (TPSA) is 55.4 Å². The molecule has 0 unspecified atom stereocenters. The minimum atomic E-state index is -0.473. The van der Waals surface area contributed by atoms with E-state index in [9.17, 15) is 9.59 Å². The molecule has 0 heterocycles. The van der Waals surface area contributed by atoms with Crippen molar-refractivity contribution in [2.45, 2.75) is 27.2 Å². The molecule has 0 aliphatic heterocycles. The number of ether oxygens (including phenoxy) is 1. The van der Waals surface area contributed by atoms with Crippen LogP contribution in [0.3, 0.4) is 0 Å². The second-order valence-corrected chi connectivity index (χ2v) is 5.62. The highest BCUT2D eigenvalue weighted by molar-refractivity contribution is 5.84. The molecule has 1 N–H and O–H groups in total. The molecule has 4 heteroatoms. The fourth-order valence-electron chi connectivity index (χ4n) is 2.28. The zero-order chi connectivity index (χ0) is 16.8. The minimum absolute atomic E-state index is 0.141. The molecule has 0 bridgehead atoms. The SMILES string of the molecule is Cc1cc(C)c(C)c(OC(=O)CNC(=O)Cc2ccccc2)c1. The van der Waals surface area contributed by atoms with Crippen molar-refractivity contribution in [1.29, 1.82) is 0 Å². The molecule has 0 saturated carbocycles. The normalized spacial score (nSPS) is 10.2. The highest BCUT2D eigenvalue weighted by atomic mass is 16.5. The van der Waals surface area contributed by atoms with Crippen LogP contribution in [0.2, 0.25) is 0 Å². The number of hydrogen-bond donors (Lipinski definition) is 1. The predicted molar refractivity (Wildman–Crippen MR) is 89.4 cm³/mol. The van der Waals surface area contributed by atoms with Gasteiger partial charge >= 0.3 is 5.97 Å². The number of carbonyl (C=O) groups excluding carboxylic acids is 2. The van der Waals surface area contributed by atoms with Gasteiger partial charge in [-0.05, 0) is 49.1 Å². The van der Waals surface area contributed by atoms with E-state index in [4.69, 9.17) is 4.74 Å². The molecule has 0 spiro atoms. The molecule has 0 aliphatic rings. The molecule has 0 atom stereocenters. The van der Waals surface area contributed by atoms with Crippen molar-refractivity contribution >= 4 is 11.9 Å². The molecule has 120 valence electrons. The van der Waals surface area contributed by atoms with Gasteiger partial charge in [-0.25, -0.2) is 4.79 Å². The third-order valence-electron chi connectivity index (χ3n) is 3.63. The Morgan fingerprint density at radius 1 is 1.04 bits per heavy atom. The number of aryl methyl sites for hydroxylation is 2. The molecule has 1 amide bonds. The summed E-state index contributed by atoms with van der Waals surface area (Å²) in [5, 5.41) is 2.59. The lowest BCUT2D eigenvalue weighted by atomic mass is 10.1. The van der Waals surface area contributed by atoms with Crippen molar-refractivity contribution in [2.75, 3.05) is 6.54 Å². The largest absolute Gasteiger partial charge is 0.425 e. The first-order valence-electron chi connectivity index (χ1n) is 7.55. The number of hydrogen-bond acceptors (Lipinski definition) is 3. The molecular weight excluding hydrogens is 290 g/mol. The maximum atomic E-state index is 11.9. The van der Waals surface area contributed by atoms with Gasteiger partial charge < -0.3 is 10.1 Å². The van der Waals surface area contributed by atoms with Crippen LogP contribution < -0.4 is 10.1 Å². The van der Waals surface area contributed by atoms with E-state index in [0.29, 0.717) is 5.75 Å². The lowest BCUT2D eigenvalue weighted by molar-refractivity contribution is -0.135. The van der Waals surface area contributed by atoms with Crippen LogP contribution >= 0.6 is 0 Å². The number of amides is 1. The quantitative estimate of drug-likeness (QED) is 0.682. The van der Waals surface area contributed by atoms with Crippen LogP contribution in [0.4, 0.5) is 0 Å². The first-order valence-corrected chi connectivity index (χ1v) is 7.55. The summed E-state index contributed by atoms with van der Waals surface area (Å²) in [5.41, 5.74) is 3.94. The Hall–Kier alpha value is -2.62. The zero-order valence-electron chi connectivity index (χ0n) is 13.7. The van der Waals surface area contributed by atoms with Crippen molar-refractivity contribution in [3.8, 4) is 5.75 Å². The van der Waals surface area contributed by atoms with Gasteiger partial charge in [0.25, 0.3) is 0 Å². The number of nitrogens with one attached hydrogen (secondary N) is 1. The molecule has 0 saturated heterocycles. The number of esters is 1. The van der Waals surface area contributed by atoms with E-state index in [0.717, 1.165) is 22.3 Å². The summed E-state index contributed by atoms with van der Waals surface area (Å²) < 4.78 is 5.35. The summed E-state index contributed by atoms with van der Waals surface area (Å²) in [4.78, 5) is 23.7. The lowest BCUT2D eigenvalue weighted by Gasteiger charge is -2.11. The van der Waals surface area contributed by atoms with Crippen LogP contribution in [0.15, 0.2) is 42.5 Å². The van der Waals surface area contributed by atoms with Crippen molar-refractivity contribution in [2.24, 2.45) is 0 Å². The van der Waals surface area contributed by atoms with Crippen molar-refractivity contribution in [3.63, 3.8) is 0 Å². The molecule has 23 heavy (non-hydrogen) atoms. The van der Waals surface area contributed by atoms with Gasteiger partial charge in [-0.15, -0.1) is 0 Å². The average molecular weight is 311 g/mol. The van der Waals surface area contributed by atoms with Gasteiger partial charge in [-0.2, -0.15) is 0 Å². The van der Waals surface area contributed by atoms with Crippen molar-refractivity contribution in [1.82, 2.24) is 5.32 Å². The Kier molecular flexibility index (Phi) is 5.52. The van der Waals surface area contributed by atoms with Crippen LogP contribution in [0.1, 0.15) is 22.3 Å². The number of carbonyl (C=O) groups is 2. The monoisotopic (exact) mass is 311 g/mol. The van der Waals surface area contributed by atoms with Gasteiger partial charge in [0, 0.05) is 0 Å². The van der Waals surface area contributed by atoms with Crippen molar-refractivity contribution < 1.29 is 14.3 Å². The van der Waals surface area contributed by atoms with Crippen LogP contribution in [0, 0.1) is 20.8 Å². The fourth-order valence-corrected chi connectivity index (χ4v) is 2.28. The lowest BCUT2D eigenvalue weighted by Crippen LogP contribution is -2.33. The molecule has 0 aliphatic carbocycles. The van der Waals surface area contributed by atoms with E-state index in [1.807, 2.05) is 63.2 Å². The van der Waals surface area contributed by atoms with Gasteiger partial charge in [0.05, 0.1) is 6.42 Å². The summed E-state index contributed by atoms with van der Waals surface area (Å²) in [6, 6.07) is 13.2. The van der Waals surface area contributed by atoms with Crippen LogP contribution in [0.25, 0.3) is 0 Å². The third kappa shape index (κ3) is 4.95. The number of rotatable bonds is 5. The molecule has 0 aromatic heterocycles. The first kappa shape index (κ1) is 16.7. The van der Waals surface area contributed by atoms with E-state index >= 15 is 0 Å². The average Bonchev–Trinajstić information content (AvgIpc) is 2.51. The Labute approximate surface area is 136 Å². The second-order valence-electron chi connectivity index (χ2n) is 5.62. The van der Waals surface area contributed by atoms with Gasteiger partial charge in [0.2, 0.25) is 5.91 Å². The molecular formula is C19H21NO3. The van der Waals surface area contributed by atoms with E-state index in [2.05, 4.69) is 5.32 Å². The van der Waals surface area contributed by atoms with Gasteiger partial charge in [0.1, 0.15) is 12.3 Å². The molecule has 4 nitrogen and oxygen atoms in total. The fraction of sp³-hybridized carbons (Fsp3) is 0.263. The number of benzene rings is 2. The van der Waals surface area contributed by atoms with Crippen LogP contribution in [-0.4, -0.2) is 18.4 Å². The maximum Gasteiger partial charge on any atom is 0.330 e. The Balaban J connectivity index is 1.87. The molecule has 0 radical (unpaired) electrons. The maximum absolute atomic E-state index is 11.9. The van der Waals surface area contributed by atoms with Crippen LogP contribution in [0.5, 0.6) is 5.75 Å². The summed E-state index contributed by atoms with van der Waals surface area (Å²) >= 11 is 0. The van der Waals surface area contributed by atoms with Gasteiger partial charge in [-0.1, -0.05) is 36.4 Å². The summed E-state index contributed by atoms with van der Waals surface area (Å²) in [6.07, 6.45) is 0.247. The second kappa shape index (κ2) is 7.58. The molecule has 0 fully saturated rings.